The van der Waals surface area contributed by atoms with Crippen molar-refractivity contribution in [3.63, 3.8) is 0 Å². The van der Waals surface area contributed by atoms with E-state index in [4.69, 9.17) is 0 Å². The van der Waals surface area contributed by atoms with Gasteiger partial charge in [0.15, 0.2) is 0 Å². The number of aliphatic hydroxyl groups is 1. The lowest BCUT2D eigenvalue weighted by Crippen LogP contribution is -2.08. The fourth-order valence-electron chi connectivity index (χ4n) is 1.38. The van der Waals surface area contributed by atoms with Crippen molar-refractivity contribution in [1.29, 1.82) is 0 Å². The lowest BCUT2D eigenvalue weighted by Gasteiger charge is -2.11. The molecule has 1 N–H and O–H groups in total. The Morgan fingerprint density at radius 1 is 1.29 bits per heavy atom. The normalized spacial score (nSPS) is 12.6. The van der Waals surface area contributed by atoms with Crippen LogP contribution in [0.2, 0.25) is 0 Å². The molecule has 0 saturated carbocycles. The molecule has 1 aromatic carbocycles. The third-order valence-corrected chi connectivity index (χ3v) is 2.13. The van der Waals surface area contributed by atoms with E-state index in [9.17, 15) is 5.11 Å². The summed E-state index contributed by atoms with van der Waals surface area (Å²) in [7, 11) is 0. The van der Waals surface area contributed by atoms with Gasteiger partial charge in [0.05, 0.1) is 6.33 Å². The van der Waals surface area contributed by atoms with Gasteiger partial charge in [0.25, 0.3) is 0 Å². The Morgan fingerprint density at radius 3 is 2.71 bits per heavy atom. The minimum atomic E-state index is -0.528. The first-order valence-corrected chi connectivity index (χ1v) is 4.56. The van der Waals surface area contributed by atoms with Gasteiger partial charge >= 0.3 is 0 Å². The molecule has 2 aromatic rings. The summed E-state index contributed by atoms with van der Waals surface area (Å²) in [4.78, 5) is 3.89. The van der Waals surface area contributed by atoms with Gasteiger partial charge < -0.3 is 9.67 Å². The van der Waals surface area contributed by atoms with Crippen molar-refractivity contribution in [2.45, 2.75) is 12.6 Å². The number of benzene rings is 1. The molecule has 0 saturated heterocycles. The van der Waals surface area contributed by atoms with E-state index in [0.717, 1.165) is 5.56 Å². The molecule has 1 heterocycles. The van der Waals surface area contributed by atoms with E-state index in [1.165, 1.54) is 0 Å². The first kappa shape index (κ1) is 8.97. The smallest absolute Gasteiger partial charge is 0.135 e. The maximum absolute atomic E-state index is 9.79. The van der Waals surface area contributed by atoms with Gasteiger partial charge in [0, 0.05) is 18.8 Å². The van der Waals surface area contributed by atoms with E-state index in [-0.39, 0.29) is 0 Å². The molecule has 72 valence electrons. The maximum atomic E-state index is 9.79. The van der Waals surface area contributed by atoms with Crippen molar-refractivity contribution < 1.29 is 5.11 Å². The zero-order valence-electron chi connectivity index (χ0n) is 7.74. The van der Waals surface area contributed by atoms with Crippen LogP contribution in [-0.4, -0.2) is 14.7 Å². The van der Waals surface area contributed by atoms with E-state index in [2.05, 4.69) is 4.98 Å². The molecule has 0 amide bonds. The monoisotopic (exact) mass is 188 g/mol. The third kappa shape index (κ3) is 2.00. The average Bonchev–Trinajstić information content (AvgIpc) is 2.72. The Kier molecular flexibility index (Phi) is 2.60. The standard InChI is InChI=1S/C11H12N2O/c14-11(13-7-6-12-9-13)8-10-4-2-1-3-5-10/h1-7,9,11,14H,8H2/t11-/m1/s1. The van der Waals surface area contributed by atoms with Crippen molar-refractivity contribution >= 4 is 0 Å². The van der Waals surface area contributed by atoms with Gasteiger partial charge in [0.2, 0.25) is 0 Å². The molecular formula is C11H12N2O. The van der Waals surface area contributed by atoms with Gasteiger partial charge in [-0.05, 0) is 5.56 Å². The van der Waals surface area contributed by atoms with Crippen LogP contribution >= 0.6 is 0 Å². The molecule has 0 aliphatic carbocycles. The lowest BCUT2D eigenvalue weighted by atomic mass is 10.1. The Morgan fingerprint density at radius 2 is 2.07 bits per heavy atom. The van der Waals surface area contributed by atoms with Gasteiger partial charge in [0.1, 0.15) is 6.23 Å². The Labute approximate surface area is 82.7 Å². The predicted molar refractivity (Wildman–Crippen MR) is 53.6 cm³/mol. The molecule has 0 aliphatic heterocycles. The minimum absolute atomic E-state index is 0.528. The van der Waals surface area contributed by atoms with Crippen LogP contribution in [0.5, 0.6) is 0 Å². The fraction of sp³-hybridized carbons (Fsp3) is 0.182. The second kappa shape index (κ2) is 4.07. The summed E-state index contributed by atoms with van der Waals surface area (Å²) in [5, 5.41) is 9.79. The Balaban J connectivity index is 2.06. The lowest BCUT2D eigenvalue weighted by molar-refractivity contribution is 0.104. The van der Waals surface area contributed by atoms with Crippen LogP contribution in [0.15, 0.2) is 49.1 Å². The molecular weight excluding hydrogens is 176 g/mol. The molecule has 0 unspecified atom stereocenters. The zero-order valence-corrected chi connectivity index (χ0v) is 7.74. The second-order valence-electron chi connectivity index (χ2n) is 3.18. The first-order chi connectivity index (χ1) is 6.86. The molecule has 1 atom stereocenters. The van der Waals surface area contributed by atoms with Gasteiger partial charge in [-0.1, -0.05) is 30.3 Å². The summed E-state index contributed by atoms with van der Waals surface area (Å²) in [5.41, 5.74) is 1.12. The minimum Gasteiger partial charge on any atom is -0.373 e. The molecule has 0 spiro atoms. The highest BCUT2D eigenvalue weighted by atomic mass is 16.3. The zero-order chi connectivity index (χ0) is 9.80. The number of hydrogen-bond acceptors (Lipinski definition) is 2. The van der Waals surface area contributed by atoms with Crippen LogP contribution in [0.25, 0.3) is 0 Å². The van der Waals surface area contributed by atoms with Crippen LogP contribution < -0.4 is 0 Å². The topological polar surface area (TPSA) is 38.0 Å². The molecule has 1 aromatic heterocycles. The Hall–Kier alpha value is -1.61. The highest BCUT2D eigenvalue weighted by Crippen LogP contribution is 2.10. The summed E-state index contributed by atoms with van der Waals surface area (Å²) in [5.74, 6) is 0. The van der Waals surface area contributed by atoms with Crippen LogP contribution in [-0.2, 0) is 6.42 Å². The van der Waals surface area contributed by atoms with Crippen molar-refractivity contribution in [3.05, 3.63) is 54.6 Å². The summed E-state index contributed by atoms with van der Waals surface area (Å²) in [6, 6.07) is 9.90. The van der Waals surface area contributed by atoms with Crippen LogP contribution in [0.1, 0.15) is 11.8 Å². The predicted octanol–water partition coefficient (Wildman–Crippen LogP) is 1.62. The van der Waals surface area contributed by atoms with Gasteiger partial charge in [-0.25, -0.2) is 4.98 Å². The molecule has 3 heteroatoms. The van der Waals surface area contributed by atoms with Gasteiger partial charge in [-0.15, -0.1) is 0 Å². The van der Waals surface area contributed by atoms with Crippen molar-refractivity contribution in [2.24, 2.45) is 0 Å². The van der Waals surface area contributed by atoms with E-state index >= 15 is 0 Å². The quantitative estimate of drug-likeness (QED) is 0.794. The highest BCUT2D eigenvalue weighted by Gasteiger charge is 2.05. The SMILES string of the molecule is O[C@H](Cc1ccccc1)n1ccnc1. The molecule has 3 nitrogen and oxygen atoms in total. The number of rotatable bonds is 3. The summed E-state index contributed by atoms with van der Waals surface area (Å²) in [6.45, 7) is 0. The van der Waals surface area contributed by atoms with E-state index in [1.54, 1.807) is 23.3 Å². The number of aromatic nitrogens is 2. The molecule has 0 bridgehead atoms. The number of nitrogens with zero attached hydrogens (tertiary/aromatic N) is 2. The van der Waals surface area contributed by atoms with Gasteiger partial charge in [-0.2, -0.15) is 0 Å². The largest absolute Gasteiger partial charge is 0.373 e. The Bertz CT molecular complexity index is 369. The summed E-state index contributed by atoms with van der Waals surface area (Å²) >= 11 is 0. The number of hydrogen-bond donors (Lipinski definition) is 1. The van der Waals surface area contributed by atoms with Crippen LogP contribution in [0.3, 0.4) is 0 Å². The van der Waals surface area contributed by atoms with Crippen molar-refractivity contribution in [1.82, 2.24) is 9.55 Å². The molecule has 0 fully saturated rings. The second-order valence-corrected chi connectivity index (χ2v) is 3.18. The van der Waals surface area contributed by atoms with E-state index in [0.29, 0.717) is 6.42 Å². The third-order valence-electron chi connectivity index (χ3n) is 2.13. The molecule has 0 radical (unpaired) electrons. The highest BCUT2D eigenvalue weighted by molar-refractivity contribution is 5.15. The number of aliphatic hydroxyl groups excluding tert-OH is 1. The summed E-state index contributed by atoms with van der Waals surface area (Å²) in [6.07, 6.45) is 5.12. The molecule has 14 heavy (non-hydrogen) atoms. The number of imidazole rings is 1. The van der Waals surface area contributed by atoms with Crippen molar-refractivity contribution in [2.75, 3.05) is 0 Å². The van der Waals surface area contributed by atoms with E-state index < -0.39 is 6.23 Å². The van der Waals surface area contributed by atoms with Crippen LogP contribution in [0, 0.1) is 0 Å². The summed E-state index contributed by atoms with van der Waals surface area (Å²) < 4.78 is 1.69. The first-order valence-electron chi connectivity index (χ1n) is 4.56. The van der Waals surface area contributed by atoms with E-state index in [1.807, 2.05) is 30.3 Å². The maximum Gasteiger partial charge on any atom is 0.135 e. The molecule has 0 aliphatic rings. The average molecular weight is 188 g/mol. The van der Waals surface area contributed by atoms with Crippen molar-refractivity contribution in [3.8, 4) is 0 Å². The molecule has 2 rings (SSSR count). The van der Waals surface area contributed by atoms with Crippen LogP contribution in [0.4, 0.5) is 0 Å². The fourth-order valence-corrected chi connectivity index (χ4v) is 1.38. The van der Waals surface area contributed by atoms with Gasteiger partial charge in [-0.3, -0.25) is 0 Å².